The van der Waals surface area contributed by atoms with Crippen LogP contribution in [0.3, 0.4) is 0 Å². The van der Waals surface area contributed by atoms with Gasteiger partial charge in [-0.15, -0.1) is 0 Å². The molecular formula is C8H8F3NO. The van der Waals surface area contributed by atoms with E-state index in [9.17, 15) is 13.2 Å². The molecule has 0 bridgehead atoms. The summed E-state index contributed by atoms with van der Waals surface area (Å²) in [4.78, 5) is 0. The molecule has 0 saturated heterocycles. The van der Waals surface area contributed by atoms with Gasteiger partial charge in [0.1, 0.15) is 12.4 Å². The molecule has 2 nitrogen and oxygen atoms in total. The molecule has 0 aliphatic heterocycles. The van der Waals surface area contributed by atoms with E-state index in [0.29, 0.717) is 5.69 Å². The van der Waals surface area contributed by atoms with E-state index in [-0.39, 0.29) is 11.3 Å². The number of hydrogen-bond donors (Lipinski definition) is 1. The highest BCUT2D eigenvalue weighted by Crippen LogP contribution is 2.23. The first-order chi connectivity index (χ1) is 6.13. The van der Waals surface area contributed by atoms with Crippen LogP contribution in [-0.4, -0.2) is 6.61 Å². The molecule has 1 rings (SSSR count). The summed E-state index contributed by atoms with van der Waals surface area (Å²) in [5.41, 5.74) is 5.67. The van der Waals surface area contributed by atoms with Gasteiger partial charge in [-0.1, -0.05) is 0 Å². The van der Waals surface area contributed by atoms with Crippen LogP contribution in [-0.2, 0) is 6.67 Å². The van der Waals surface area contributed by atoms with Gasteiger partial charge in [0.05, 0.1) is 0 Å². The van der Waals surface area contributed by atoms with Crippen molar-refractivity contribution in [2.75, 3.05) is 5.73 Å². The van der Waals surface area contributed by atoms with Crippen molar-refractivity contribution in [2.24, 2.45) is 0 Å². The molecule has 0 aliphatic rings. The smallest absolute Gasteiger partial charge is 0.387 e. The molecule has 0 amide bonds. The Hall–Kier alpha value is -1.39. The summed E-state index contributed by atoms with van der Waals surface area (Å²) in [7, 11) is 0. The molecule has 13 heavy (non-hydrogen) atoms. The Morgan fingerprint density at radius 3 is 2.62 bits per heavy atom. The van der Waals surface area contributed by atoms with E-state index in [1.165, 1.54) is 18.2 Å². The zero-order chi connectivity index (χ0) is 9.84. The van der Waals surface area contributed by atoms with E-state index in [2.05, 4.69) is 4.74 Å². The predicted octanol–water partition coefficient (Wildman–Crippen LogP) is 2.34. The number of alkyl halides is 3. The van der Waals surface area contributed by atoms with Crippen molar-refractivity contribution in [3.63, 3.8) is 0 Å². The molecule has 0 fully saturated rings. The SMILES string of the molecule is Nc1ccc(OC(F)F)c(CF)c1. The summed E-state index contributed by atoms with van der Waals surface area (Å²) in [5, 5.41) is 0. The van der Waals surface area contributed by atoms with E-state index in [1.54, 1.807) is 0 Å². The van der Waals surface area contributed by atoms with E-state index in [4.69, 9.17) is 5.73 Å². The Balaban J connectivity index is 2.92. The lowest BCUT2D eigenvalue weighted by atomic mass is 10.2. The van der Waals surface area contributed by atoms with Crippen LogP contribution in [0.1, 0.15) is 5.56 Å². The third kappa shape index (κ3) is 2.54. The molecule has 0 atom stereocenters. The minimum absolute atomic E-state index is 0.0281. The van der Waals surface area contributed by atoms with Crippen molar-refractivity contribution in [3.05, 3.63) is 23.8 Å². The minimum Gasteiger partial charge on any atom is -0.434 e. The van der Waals surface area contributed by atoms with E-state index in [0.717, 1.165) is 0 Å². The first kappa shape index (κ1) is 9.70. The molecule has 72 valence electrons. The number of halogens is 3. The average Bonchev–Trinajstić information content (AvgIpc) is 2.07. The number of benzene rings is 1. The Labute approximate surface area is 73.1 Å². The van der Waals surface area contributed by atoms with Gasteiger partial charge in [0.25, 0.3) is 0 Å². The van der Waals surface area contributed by atoms with Gasteiger partial charge in [-0.3, -0.25) is 0 Å². The van der Waals surface area contributed by atoms with Gasteiger partial charge in [-0.05, 0) is 18.2 Å². The number of anilines is 1. The fraction of sp³-hybridized carbons (Fsp3) is 0.250. The van der Waals surface area contributed by atoms with Crippen LogP contribution >= 0.6 is 0 Å². The predicted molar refractivity (Wildman–Crippen MR) is 42.3 cm³/mol. The highest BCUT2D eigenvalue weighted by Gasteiger charge is 2.09. The number of nitrogens with two attached hydrogens (primary N) is 1. The highest BCUT2D eigenvalue weighted by atomic mass is 19.3. The third-order valence-electron chi connectivity index (χ3n) is 1.44. The van der Waals surface area contributed by atoms with Crippen LogP contribution in [0.25, 0.3) is 0 Å². The number of hydrogen-bond acceptors (Lipinski definition) is 2. The van der Waals surface area contributed by atoms with E-state index >= 15 is 0 Å². The minimum atomic E-state index is -2.95. The summed E-state index contributed by atoms with van der Waals surface area (Å²) < 4.78 is 39.8. The standard InChI is InChI=1S/C8H8F3NO/c9-4-5-3-6(12)1-2-7(5)13-8(10)11/h1-3,8H,4,12H2. The van der Waals surface area contributed by atoms with Crippen LogP contribution in [0.2, 0.25) is 0 Å². The van der Waals surface area contributed by atoms with E-state index < -0.39 is 13.3 Å². The maximum absolute atomic E-state index is 12.2. The first-order valence-electron chi connectivity index (χ1n) is 3.52. The van der Waals surface area contributed by atoms with Gasteiger partial charge in [0.2, 0.25) is 0 Å². The lowest BCUT2D eigenvalue weighted by Gasteiger charge is -2.08. The van der Waals surface area contributed by atoms with Crippen LogP contribution in [0.4, 0.5) is 18.9 Å². The second-order valence-electron chi connectivity index (χ2n) is 2.38. The lowest BCUT2D eigenvalue weighted by Crippen LogP contribution is -2.04. The zero-order valence-corrected chi connectivity index (χ0v) is 6.64. The number of rotatable bonds is 3. The molecule has 5 heteroatoms. The van der Waals surface area contributed by atoms with Crippen LogP contribution in [0.5, 0.6) is 5.75 Å². The molecule has 1 aromatic carbocycles. The molecule has 0 aromatic heterocycles. The van der Waals surface area contributed by atoms with Gasteiger partial charge in [-0.2, -0.15) is 8.78 Å². The number of ether oxygens (including phenoxy) is 1. The van der Waals surface area contributed by atoms with Gasteiger partial charge in [0, 0.05) is 11.3 Å². The largest absolute Gasteiger partial charge is 0.434 e. The molecule has 0 heterocycles. The fourth-order valence-corrected chi connectivity index (χ4v) is 0.915. The second-order valence-corrected chi connectivity index (χ2v) is 2.38. The van der Waals surface area contributed by atoms with Crippen LogP contribution < -0.4 is 10.5 Å². The quantitative estimate of drug-likeness (QED) is 0.744. The first-order valence-corrected chi connectivity index (χ1v) is 3.52. The zero-order valence-electron chi connectivity index (χ0n) is 6.64. The normalized spacial score (nSPS) is 10.5. The third-order valence-corrected chi connectivity index (χ3v) is 1.44. The monoisotopic (exact) mass is 191 g/mol. The Morgan fingerprint density at radius 1 is 1.38 bits per heavy atom. The highest BCUT2D eigenvalue weighted by molar-refractivity contribution is 5.47. The van der Waals surface area contributed by atoms with Crippen molar-refractivity contribution >= 4 is 5.69 Å². The molecule has 2 N–H and O–H groups in total. The van der Waals surface area contributed by atoms with Crippen molar-refractivity contribution in [2.45, 2.75) is 13.3 Å². The van der Waals surface area contributed by atoms with Crippen molar-refractivity contribution in [3.8, 4) is 5.75 Å². The molecular weight excluding hydrogens is 183 g/mol. The maximum atomic E-state index is 12.2. The molecule has 0 saturated carbocycles. The summed E-state index contributed by atoms with van der Waals surface area (Å²) >= 11 is 0. The molecule has 0 aliphatic carbocycles. The summed E-state index contributed by atoms with van der Waals surface area (Å²) in [6, 6.07) is 3.85. The average molecular weight is 191 g/mol. The molecule has 0 radical (unpaired) electrons. The second kappa shape index (κ2) is 4.02. The topological polar surface area (TPSA) is 35.2 Å². The van der Waals surface area contributed by atoms with Gasteiger partial charge < -0.3 is 10.5 Å². The molecule has 1 aromatic rings. The van der Waals surface area contributed by atoms with Crippen molar-refractivity contribution in [1.82, 2.24) is 0 Å². The Kier molecular flexibility index (Phi) is 3.00. The Bertz CT molecular complexity index is 291. The number of nitrogen functional groups attached to an aromatic ring is 1. The summed E-state index contributed by atoms with van der Waals surface area (Å²) in [6.45, 7) is -3.83. The van der Waals surface area contributed by atoms with Crippen molar-refractivity contribution in [1.29, 1.82) is 0 Å². The van der Waals surface area contributed by atoms with Gasteiger partial charge >= 0.3 is 6.61 Å². The lowest BCUT2D eigenvalue weighted by molar-refractivity contribution is -0.0506. The fourth-order valence-electron chi connectivity index (χ4n) is 0.915. The molecule has 0 spiro atoms. The van der Waals surface area contributed by atoms with Gasteiger partial charge in [-0.25, -0.2) is 4.39 Å². The van der Waals surface area contributed by atoms with Crippen LogP contribution in [0.15, 0.2) is 18.2 Å². The summed E-state index contributed by atoms with van der Waals surface area (Å²) in [6.07, 6.45) is 0. The summed E-state index contributed by atoms with van der Waals surface area (Å²) in [5.74, 6) is -0.174. The van der Waals surface area contributed by atoms with Crippen LogP contribution in [0, 0.1) is 0 Å². The van der Waals surface area contributed by atoms with Crippen molar-refractivity contribution < 1.29 is 17.9 Å². The van der Waals surface area contributed by atoms with Gasteiger partial charge in [0.15, 0.2) is 0 Å². The Morgan fingerprint density at radius 2 is 2.08 bits per heavy atom. The molecule has 0 unspecified atom stereocenters. The van der Waals surface area contributed by atoms with E-state index in [1.807, 2.05) is 0 Å². The maximum Gasteiger partial charge on any atom is 0.387 e.